The SMILES string of the molecule is CCNC(=O)c1ccc(OC)nn1. The molecule has 1 amide bonds. The van der Waals surface area contributed by atoms with Gasteiger partial charge < -0.3 is 10.1 Å². The topological polar surface area (TPSA) is 64.1 Å². The molecule has 0 radical (unpaired) electrons. The van der Waals surface area contributed by atoms with Crippen LogP contribution in [0, 0.1) is 0 Å². The number of carbonyl (C=O) groups excluding carboxylic acids is 1. The van der Waals surface area contributed by atoms with Crippen molar-refractivity contribution in [2.24, 2.45) is 0 Å². The van der Waals surface area contributed by atoms with Gasteiger partial charge in [-0.05, 0) is 13.0 Å². The second-order valence-corrected chi connectivity index (χ2v) is 2.32. The van der Waals surface area contributed by atoms with E-state index in [1.807, 2.05) is 6.92 Å². The van der Waals surface area contributed by atoms with Gasteiger partial charge in [0.2, 0.25) is 5.88 Å². The molecule has 0 aromatic carbocycles. The van der Waals surface area contributed by atoms with Gasteiger partial charge in [0.15, 0.2) is 5.69 Å². The van der Waals surface area contributed by atoms with Crippen LogP contribution >= 0.6 is 0 Å². The zero-order valence-electron chi connectivity index (χ0n) is 7.57. The Balaban J connectivity index is 2.74. The van der Waals surface area contributed by atoms with Crippen molar-refractivity contribution >= 4 is 5.91 Å². The molecule has 0 saturated carbocycles. The van der Waals surface area contributed by atoms with Crippen LogP contribution < -0.4 is 10.1 Å². The van der Waals surface area contributed by atoms with Crippen molar-refractivity contribution in [2.45, 2.75) is 6.92 Å². The molecule has 1 rings (SSSR count). The van der Waals surface area contributed by atoms with Crippen LogP contribution in [-0.4, -0.2) is 29.8 Å². The van der Waals surface area contributed by atoms with Gasteiger partial charge in [-0.3, -0.25) is 4.79 Å². The molecule has 1 N–H and O–H groups in total. The van der Waals surface area contributed by atoms with Gasteiger partial charge in [-0.25, -0.2) is 0 Å². The summed E-state index contributed by atoms with van der Waals surface area (Å²) in [6, 6.07) is 3.16. The Bertz CT molecular complexity index is 284. The van der Waals surface area contributed by atoms with Gasteiger partial charge in [0.25, 0.3) is 5.91 Å². The van der Waals surface area contributed by atoms with Crippen LogP contribution in [0.2, 0.25) is 0 Å². The lowest BCUT2D eigenvalue weighted by atomic mass is 10.3. The maximum Gasteiger partial charge on any atom is 0.271 e. The van der Waals surface area contributed by atoms with Gasteiger partial charge in [-0.1, -0.05) is 0 Å². The third-order valence-corrected chi connectivity index (χ3v) is 1.42. The Labute approximate surface area is 76.1 Å². The molecule has 0 spiro atoms. The smallest absolute Gasteiger partial charge is 0.271 e. The molecule has 0 aliphatic carbocycles. The highest BCUT2D eigenvalue weighted by molar-refractivity contribution is 5.91. The predicted molar refractivity (Wildman–Crippen MR) is 46.6 cm³/mol. The van der Waals surface area contributed by atoms with Crippen molar-refractivity contribution in [2.75, 3.05) is 13.7 Å². The quantitative estimate of drug-likeness (QED) is 0.725. The molecule has 0 unspecified atom stereocenters. The van der Waals surface area contributed by atoms with Gasteiger partial charge in [0.05, 0.1) is 7.11 Å². The summed E-state index contributed by atoms with van der Waals surface area (Å²) in [5, 5.41) is 9.97. The highest BCUT2D eigenvalue weighted by Gasteiger charge is 2.05. The molecule has 1 heterocycles. The van der Waals surface area contributed by atoms with E-state index in [-0.39, 0.29) is 5.91 Å². The summed E-state index contributed by atoms with van der Waals surface area (Å²) < 4.78 is 4.80. The number of aromatic nitrogens is 2. The van der Waals surface area contributed by atoms with E-state index in [1.54, 1.807) is 12.1 Å². The van der Waals surface area contributed by atoms with Gasteiger partial charge in [-0.2, -0.15) is 0 Å². The van der Waals surface area contributed by atoms with Gasteiger partial charge >= 0.3 is 0 Å². The molecular weight excluding hydrogens is 170 g/mol. The monoisotopic (exact) mass is 181 g/mol. The zero-order chi connectivity index (χ0) is 9.68. The molecule has 0 atom stereocenters. The second kappa shape index (κ2) is 4.39. The Morgan fingerprint density at radius 3 is 2.77 bits per heavy atom. The summed E-state index contributed by atoms with van der Waals surface area (Å²) in [6.07, 6.45) is 0. The van der Waals surface area contributed by atoms with Crippen molar-refractivity contribution in [1.29, 1.82) is 0 Å². The van der Waals surface area contributed by atoms with Gasteiger partial charge in [0, 0.05) is 12.6 Å². The van der Waals surface area contributed by atoms with E-state index in [1.165, 1.54) is 7.11 Å². The Hall–Kier alpha value is -1.65. The van der Waals surface area contributed by atoms with Crippen molar-refractivity contribution in [3.63, 3.8) is 0 Å². The fourth-order valence-electron chi connectivity index (χ4n) is 0.801. The molecule has 0 aliphatic heterocycles. The average Bonchev–Trinajstić information content (AvgIpc) is 2.18. The number of rotatable bonds is 3. The Morgan fingerprint density at radius 2 is 2.31 bits per heavy atom. The van der Waals surface area contributed by atoms with E-state index in [2.05, 4.69) is 15.5 Å². The summed E-state index contributed by atoms with van der Waals surface area (Å²) >= 11 is 0. The lowest BCUT2D eigenvalue weighted by molar-refractivity contribution is 0.0949. The summed E-state index contributed by atoms with van der Waals surface area (Å²) in [6.45, 7) is 2.42. The lowest BCUT2D eigenvalue weighted by Crippen LogP contribution is -2.23. The lowest BCUT2D eigenvalue weighted by Gasteiger charge is -2.00. The fraction of sp³-hybridized carbons (Fsp3) is 0.375. The maximum absolute atomic E-state index is 11.2. The zero-order valence-corrected chi connectivity index (χ0v) is 7.57. The van der Waals surface area contributed by atoms with Crippen LogP contribution in [0.3, 0.4) is 0 Å². The van der Waals surface area contributed by atoms with Crippen LogP contribution in [0.5, 0.6) is 5.88 Å². The molecule has 0 saturated heterocycles. The Kier molecular flexibility index (Phi) is 3.19. The van der Waals surface area contributed by atoms with Crippen LogP contribution in [0.1, 0.15) is 17.4 Å². The van der Waals surface area contributed by atoms with Gasteiger partial charge in [0.1, 0.15) is 0 Å². The van der Waals surface area contributed by atoms with Crippen molar-refractivity contribution in [3.8, 4) is 5.88 Å². The van der Waals surface area contributed by atoms with E-state index in [0.29, 0.717) is 18.1 Å². The number of nitrogens with one attached hydrogen (secondary N) is 1. The minimum Gasteiger partial charge on any atom is -0.480 e. The summed E-state index contributed by atoms with van der Waals surface area (Å²) in [5.74, 6) is 0.172. The largest absolute Gasteiger partial charge is 0.480 e. The average molecular weight is 181 g/mol. The number of nitrogens with zero attached hydrogens (tertiary/aromatic N) is 2. The van der Waals surface area contributed by atoms with Crippen LogP contribution in [0.15, 0.2) is 12.1 Å². The van der Waals surface area contributed by atoms with Crippen molar-refractivity contribution < 1.29 is 9.53 Å². The Morgan fingerprint density at radius 1 is 1.54 bits per heavy atom. The molecule has 13 heavy (non-hydrogen) atoms. The molecule has 0 fully saturated rings. The predicted octanol–water partition coefficient (Wildman–Crippen LogP) is 0.235. The normalized spacial score (nSPS) is 9.38. The van der Waals surface area contributed by atoms with E-state index in [4.69, 9.17) is 4.74 Å². The van der Waals surface area contributed by atoms with E-state index in [0.717, 1.165) is 0 Å². The number of carbonyl (C=O) groups is 1. The first-order valence-electron chi connectivity index (χ1n) is 3.94. The minimum absolute atomic E-state index is 0.224. The third-order valence-electron chi connectivity index (χ3n) is 1.42. The van der Waals surface area contributed by atoms with Crippen molar-refractivity contribution in [1.82, 2.24) is 15.5 Å². The number of amides is 1. The van der Waals surface area contributed by atoms with E-state index in [9.17, 15) is 4.79 Å². The third kappa shape index (κ3) is 2.40. The molecule has 70 valence electrons. The molecule has 1 aromatic heterocycles. The van der Waals surface area contributed by atoms with Gasteiger partial charge in [-0.15, -0.1) is 10.2 Å². The fourth-order valence-corrected chi connectivity index (χ4v) is 0.801. The van der Waals surface area contributed by atoms with E-state index < -0.39 is 0 Å². The standard InChI is InChI=1S/C8H11N3O2/c1-3-9-8(12)6-4-5-7(13-2)11-10-6/h4-5H,3H2,1-2H3,(H,9,12). The number of hydrogen-bond donors (Lipinski definition) is 1. The van der Waals surface area contributed by atoms with E-state index >= 15 is 0 Å². The summed E-state index contributed by atoms with van der Waals surface area (Å²) in [7, 11) is 1.50. The van der Waals surface area contributed by atoms with Crippen LogP contribution in [-0.2, 0) is 0 Å². The maximum atomic E-state index is 11.2. The number of methoxy groups -OCH3 is 1. The first-order valence-corrected chi connectivity index (χ1v) is 3.94. The first kappa shape index (κ1) is 9.44. The second-order valence-electron chi connectivity index (χ2n) is 2.32. The molecule has 5 heteroatoms. The molecule has 0 bridgehead atoms. The highest BCUT2D eigenvalue weighted by Crippen LogP contribution is 2.02. The molecular formula is C8H11N3O2. The summed E-state index contributed by atoms with van der Waals surface area (Å²) in [4.78, 5) is 11.2. The number of ether oxygens (including phenoxy) is 1. The highest BCUT2D eigenvalue weighted by atomic mass is 16.5. The molecule has 1 aromatic rings. The minimum atomic E-state index is -0.224. The molecule has 5 nitrogen and oxygen atoms in total. The number of hydrogen-bond acceptors (Lipinski definition) is 4. The first-order chi connectivity index (χ1) is 6.27. The molecule has 0 aliphatic rings. The van der Waals surface area contributed by atoms with Crippen LogP contribution in [0.25, 0.3) is 0 Å². The van der Waals surface area contributed by atoms with Crippen LogP contribution in [0.4, 0.5) is 0 Å². The summed E-state index contributed by atoms with van der Waals surface area (Å²) in [5.41, 5.74) is 0.294. The van der Waals surface area contributed by atoms with Crippen molar-refractivity contribution in [3.05, 3.63) is 17.8 Å².